The van der Waals surface area contributed by atoms with Crippen LogP contribution in [0, 0.1) is 6.92 Å². The van der Waals surface area contributed by atoms with Crippen molar-refractivity contribution < 1.29 is 14.3 Å². The minimum Gasteiger partial charge on any atom is -0.497 e. The monoisotopic (exact) mass is 300 g/mol. The molecule has 0 unspecified atom stereocenters. The van der Waals surface area contributed by atoms with Gasteiger partial charge in [-0.25, -0.2) is 4.79 Å². The van der Waals surface area contributed by atoms with Crippen molar-refractivity contribution in [2.75, 3.05) is 19.5 Å². The van der Waals surface area contributed by atoms with Crippen molar-refractivity contribution in [3.63, 3.8) is 0 Å². The topological polar surface area (TPSA) is 59.6 Å². The molecule has 2 amide bonds. The van der Waals surface area contributed by atoms with Gasteiger partial charge in [-0.3, -0.25) is 0 Å². The number of methoxy groups -OCH3 is 2. The van der Waals surface area contributed by atoms with Crippen LogP contribution in [0.5, 0.6) is 11.5 Å². The average molecular weight is 300 g/mol. The number of urea groups is 1. The molecule has 5 nitrogen and oxygen atoms in total. The second kappa shape index (κ2) is 7.36. The number of anilines is 1. The van der Waals surface area contributed by atoms with E-state index in [1.165, 1.54) is 0 Å². The number of benzene rings is 2. The highest BCUT2D eigenvalue weighted by molar-refractivity contribution is 5.91. The van der Waals surface area contributed by atoms with Crippen LogP contribution in [0.2, 0.25) is 0 Å². The number of nitrogens with one attached hydrogen (secondary N) is 2. The normalized spacial score (nSPS) is 9.95. The molecular weight excluding hydrogens is 280 g/mol. The molecule has 0 spiro atoms. The first-order valence-corrected chi connectivity index (χ1v) is 6.95. The predicted molar refractivity (Wildman–Crippen MR) is 86.6 cm³/mol. The maximum absolute atomic E-state index is 12.0. The summed E-state index contributed by atoms with van der Waals surface area (Å²) in [6.45, 7) is 2.37. The number of carbonyl (C=O) groups excluding carboxylic acids is 1. The largest absolute Gasteiger partial charge is 0.497 e. The molecule has 0 heterocycles. The number of ether oxygens (including phenoxy) is 2. The minimum atomic E-state index is -0.285. The second-order valence-electron chi connectivity index (χ2n) is 4.86. The Morgan fingerprint density at radius 3 is 2.64 bits per heavy atom. The molecule has 0 atom stereocenters. The van der Waals surface area contributed by atoms with Crippen molar-refractivity contribution in [3.05, 3.63) is 53.6 Å². The smallest absolute Gasteiger partial charge is 0.319 e. The van der Waals surface area contributed by atoms with Crippen LogP contribution in [0.1, 0.15) is 11.1 Å². The third kappa shape index (κ3) is 4.15. The Morgan fingerprint density at radius 2 is 1.91 bits per heavy atom. The molecule has 2 N–H and O–H groups in total. The van der Waals surface area contributed by atoms with E-state index in [1.807, 2.05) is 49.4 Å². The fraction of sp³-hybridized carbons (Fsp3) is 0.235. The van der Waals surface area contributed by atoms with E-state index in [0.29, 0.717) is 18.0 Å². The second-order valence-corrected chi connectivity index (χ2v) is 4.86. The van der Waals surface area contributed by atoms with Gasteiger partial charge in [-0.15, -0.1) is 0 Å². The maximum atomic E-state index is 12.0. The highest BCUT2D eigenvalue weighted by atomic mass is 16.5. The third-order valence-corrected chi connectivity index (χ3v) is 3.19. The van der Waals surface area contributed by atoms with Gasteiger partial charge in [0.1, 0.15) is 11.5 Å². The van der Waals surface area contributed by atoms with E-state index in [9.17, 15) is 4.79 Å². The van der Waals surface area contributed by atoms with Crippen molar-refractivity contribution >= 4 is 11.7 Å². The maximum Gasteiger partial charge on any atom is 0.319 e. The molecule has 5 heteroatoms. The Hall–Kier alpha value is -2.69. The molecule has 0 fully saturated rings. The molecule has 116 valence electrons. The summed E-state index contributed by atoms with van der Waals surface area (Å²) in [7, 11) is 3.19. The highest BCUT2D eigenvalue weighted by Crippen LogP contribution is 2.25. The zero-order valence-corrected chi connectivity index (χ0v) is 13.0. The number of rotatable bonds is 5. The van der Waals surface area contributed by atoms with E-state index >= 15 is 0 Å². The first-order chi connectivity index (χ1) is 10.6. The Kier molecular flexibility index (Phi) is 5.25. The summed E-state index contributed by atoms with van der Waals surface area (Å²) in [5, 5.41) is 5.60. The van der Waals surface area contributed by atoms with Crippen LogP contribution in [0.15, 0.2) is 42.5 Å². The van der Waals surface area contributed by atoms with Gasteiger partial charge in [0, 0.05) is 6.54 Å². The Labute approximate surface area is 130 Å². The van der Waals surface area contributed by atoms with Gasteiger partial charge >= 0.3 is 6.03 Å². The van der Waals surface area contributed by atoms with Crippen molar-refractivity contribution in [3.8, 4) is 11.5 Å². The molecule has 0 bridgehead atoms. The van der Waals surface area contributed by atoms with Crippen LogP contribution in [0.25, 0.3) is 0 Å². The van der Waals surface area contributed by atoms with Gasteiger partial charge < -0.3 is 20.1 Å². The van der Waals surface area contributed by atoms with Gasteiger partial charge in [-0.1, -0.05) is 18.2 Å². The quantitative estimate of drug-likeness (QED) is 0.890. The summed E-state index contributed by atoms with van der Waals surface area (Å²) in [4.78, 5) is 12.0. The van der Waals surface area contributed by atoms with Crippen molar-refractivity contribution in [2.45, 2.75) is 13.5 Å². The summed E-state index contributed by atoms with van der Waals surface area (Å²) >= 11 is 0. The standard InChI is InChI=1S/C17H20N2O3/c1-12-7-8-16(22-3)15(9-12)19-17(20)18-11-13-5-4-6-14(10-13)21-2/h4-10H,11H2,1-3H3,(H2,18,19,20). The molecule has 2 rings (SSSR count). The van der Waals surface area contributed by atoms with Crippen LogP contribution in [0.4, 0.5) is 10.5 Å². The van der Waals surface area contributed by atoms with Crippen molar-refractivity contribution in [2.24, 2.45) is 0 Å². The first kappa shape index (κ1) is 15.7. The minimum absolute atomic E-state index is 0.285. The summed E-state index contributed by atoms with van der Waals surface area (Å²) in [6.07, 6.45) is 0. The lowest BCUT2D eigenvalue weighted by atomic mass is 10.2. The van der Waals surface area contributed by atoms with Gasteiger partial charge in [0.05, 0.1) is 19.9 Å². The molecule has 2 aromatic rings. The SMILES string of the molecule is COc1cccc(CNC(=O)Nc2cc(C)ccc2OC)c1. The Bertz CT molecular complexity index is 656. The van der Waals surface area contributed by atoms with E-state index < -0.39 is 0 Å². The molecule has 0 aromatic heterocycles. The van der Waals surface area contributed by atoms with Crippen molar-refractivity contribution in [1.29, 1.82) is 0 Å². The van der Waals surface area contributed by atoms with Crippen molar-refractivity contribution in [1.82, 2.24) is 5.32 Å². The van der Waals surface area contributed by atoms with E-state index in [-0.39, 0.29) is 6.03 Å². The summed E-state index contributed by atoms with van der Waals surface area (Å²) in [5.41, 5.74) is 2.65. The predicted octanol–water partition coefficient (Wildman–Crippen LogP) is 3.33. The molecule has 0 aliphatic rings. The van der Waals surface area contributed by atoms with E-state index in [1.54, 1.807) is 14.2 Å². The molecule has 0 radical (unpaired) electrons. The Morgan fingerprint density at radius 1 is 1.09 bits per heavy atom. The zero-order chi connectivity index (χ0) is 15.9. The number of aryl methyl sites for hydroxylation is 1. The molecule has 2 aromatic carbocycles. The van der Waals surface area contributed by atoms with Gasteiger partial charge in [0.2, 0.25) is 0 Å². The van der Waals surface area contributed by atoms with Gasteiger partial charge in [0.15, 0.2) is 0 Å². The lowest BCUT2D eigenvalue weighted by Crippen LogP contribution is -2.28. The molecule has 0 aliphatic carbocycles. The fourth-order valence-corrected chi connectivity index (χ4v) is 2.05. The lowest BCUT2D eigenvalue weighted by Gasteiger charge is -2.12. The van der Waals surface area contributed by atoms with Gasteiger partial charge in [-0.05, 0) is 42.3 Å². The fourth-order valence-electron chi connectivity index (χ4n) is 2.05. The van der Waals surface area contributed by atoms with Crippen LogP contribution in [-0.4, -0.2) is 20.3 Å². The molecule has 0 saturated heterocycles. The van der Waals surface area contributed by atoms with Gasteiger partial charge in [-0.2, -0.15) is 0 Å². The first-order valence-electron chi connectivity index (χ1n) is 6.95. The lowest BCUT2D eigenvalue weighted by molar-refractivity contribution is 0.251. The number of carbonyl (C=O) groups is 1. The third-order valence-electron chi connectivity index (χ3n) is 3.19. The van der Waals surface area contributed by atoms with Crippen LogP contribution < -0.4 is 20.1 Å². The molecule has 0 aliphatic heterocycles. The van der Waals surface area contributed by atoms with Crippen LogP contribution in [-0.2, 0) is 6.54 Å². The summed E-state index contributed by atoms with van der Waals surface area (Å²) in [6, 6.07) is 12.9. The molecule has 22 heavy (non-hydrogen) atoms. The number of hydrogen-bond acceptors (Lipinski definition) is 3. The summed E-state index contributed by atoms with van der Waals surface area (Å²) < 4.78 is 10.4. The average Bonchev–Trinajstić information content (AvgIpc) is 2.53. The van der Waals surface area contributed by atoms with E-state index in [0.717, 1.165) is 16.9 Å². The Balaban J connectivity index is 1.97. The van der Waals surface area contributed by atoms with E-state index in [4.69, 9.17) is 9.47 Å². The number of hydrogen-bond donors (Lipinski definition) is 2. The molecule has 0 saturated carbocycles. The van der Waals surface area contributed by atoms with Crippen LogP contribution >= 0.6 is 0 Å². The van der Waals surface area contributed by atoms with Crippen LogP contribution in [0.3, 0.4) is 0 Å². The molecular formula is C17H20N2O3. The summed E-state index contributed by atoms with van der Waals surface area (Å²) in [5.74, 6) is 1.39. The van der Waals surface area contributed by atoms with Gasteiger partial charge in [0.25, 0.3) is 0 Å². The van der Waals surface area contributed by atoms with E-state index in [2.05, 4.69) is 10.6 Å². The highest BCUT2D eigenvalue weighted by Gasteiger charge is 2.07. The zero-order valence-electron chi connectivity index (χ0n) is 13.0. The number of amides is 2.